The van der Waals surface area contributed by atoms with Gasteiger partial charge >= 0.3 is 0 Å². The van der Waals surface area contributed by atoms with E-state index in [1.807, 2.05) is 0 Å². The van der Waals surface area contributed by atoms with Gasteiger partial charge in [0.15, 0.2) is 0 Å². The van der Waals surface area contributed by atoms with Gasteiger partial charge in [0.05, 0.1) is 4.47 Å². The molecule has 0 aromatic carbocycles. The molecular weight excluding hydrogens is 307 g/mol. The van der Waals surface area contributed by atoms with Crippen molar-refractivity contribution < 1.29 is 4.79 Å². The Hall–Kier alpha value is -0.880. The Balaban J connectivity index is 2.06. The number of aromatic nitrogens is 2. The molecule has 1 saturated heterocycles. The molecule has 0 bridgehead atoms. The van der Waals surface area contributed by atoms with Crippen LogP contribution in [0.25, 0.3) is 0 Å². The number of halogens is 2. The molecule has 7 heteroatoms. The molecule has 1 aliphatic rings. The number of likely N-dealkylation sites (tertiary alicyclic amines) is 1. The molecule has 1 unspecified atom stereocenters. The van der Waals surface area contributed by atoms with E-state index in [0.717, 1.165) is 10.9 Å². The Kier molecular flexibility index (Phi) is 3.83. The molecule has 1 aromatic rings. The number of anilines is 1. The first-order valence-electron chi connectivity index (χ1n) is 5.25. The number of amides is 1. The normalized spacial score (nSPS) is 20.5. The molecule has 1 N–H and O–H groups in total. The van der Waals surface area contributed by atoms with Crippen molar-refractivity contribution in [1.82, 2.24) is 14.9 Å². The van der Waals surface area contributed by atoms with Crippen LogP contribution in [0.4, 0.5) is 5.82 Å². The Labute approximate surface area is 113 Å². The fourth-order valence-corrected chi connectivity index (χ4v) is 2.21. The number of hydrogen-bond donors (Lipinski definition) is 1. The maximum atomic E-state index is 11.4. The van der Waals surface area contributed by atoms with Crippen molar-refractivity contribution in [3.63, 3.8) is 0 Å². The summed E-state index contributed by atoms with van der Waals surface area (Å²) in [6, 6.07) is 0.194. The molecule has 2 rings (SSSR count). The lowest BCUT2D eigenvalue weighted by molar-refractivity contribution is -0.132. The number of piperidine rings is 1. The van der Waals surface area contributed by atoms with Gasteiger partial charge in [-0.25, -0.2) is 4.98 Å². The van der Waals surface area contributed by atoms with Gasteiger partial charge in [-0.1, -0.05) is 0 Å². The first kappa shape index (κ1) is 12.6. The summed E-state index contributed by atoms with van der Waals surface area (Å²) in [5.74, 6) is 0.848. The van der Waals surface area contributed by atoms with E-state index >= 15 is 0 Å². The highest BCUT2D eigenvalue weighted by atomic mass is 79.9. The number of rotatable bonds is 2. The van der Waals surface area contributed by atoms with Crippen LogP contribution in [0.2, 0.25) is 5.28 Å². The van der Waals surface area contributed by atoms with Gasteiger partial charge in [-0.15, -0.1) is 0 Å². The van der Waals surface area contributed by atoms with Crippen LogP contribution in [0.1, 0.15) is 12.8 Å². The summed E-state index contributed by atoms with van der Waals surface area (Å²) in [5, 5.41) is 3.47. The first-order valence-corrected chi connectivity index (χ1v) is 6.42. The third-order valence-electron chi connectivity index (χ3n) is 2.68. The lowest BCUT2D eigenvalue weighted by Crippen LogP contribution is -2.43. The minimum atomic E-state index is 0.183. The molecule has 92 valence electrons. The van der Waals surface area contributed by atoms with Crippen molar-refractivity contribution in [3.8, 4) is 0 Å². The smallest absolute Gasteiger partial charge is 0.224 e. The predicted molar refractivity (Wildman–Crippen MR) is 69.0 cm³/mol. The second kappa shape index (κ2) is 5.18. The summed E-state index contributed by atoms with van der Waals surface area (Å²) < 4.78 is 0.765. The zero-order valence-electron chi connectivity index (χ0n) is 9.28. The molecule has 0 radical (unpaired) electrons. The van der Waals surface area contributed by atoms with Gasteiger partial charge in [-0.05, 0) is 34.0 Å². The predicted octanol–water partition coefficient (Wildman–Crippen LogP) is 1.93. The summed E-state index contributed by atoms with van der Waals surface area (Å²) >= 11 is 9.10. The second-order valence-electron chi connectivity index (χ2n) is 3.99. The van der Waals surface area contributed by atoms with Gasteiger partial charge in [0.1, 0.15) is 5.82 Å². The highest BCUT2D eigenvalue weighted by molar-refractivity contribution is 9.10. The zero-order chi connectivity index (χ0) is 12.4. The molecular formula is C10H12BrClN4O. The fraction of sp³-hybridized carbons (Fsp3) is 0.500. The third-order valence-corrected chi connectivity index (χ3v) is 3.44. The minimum absolute atomic E-state index is 0.183. The fourth-order valence-electron chi connectivity index (χ4n) is 1.77. The molecule has 17 heavy (non-hydrogen) atoms. The van der Waals surface area contributed by atoms with Crippen LogP contribution < -0.4 is 5.32 Å². The summed E-state index contributed by atoms with van der Waals surface area (Å²) in [7, 11) is 1.80. The SMILES string of the molecule is CN1CC(Nc2nc(Cl)ncc2Br)CCC1=O. The third kappa shape index (κ3) is 3.07. The summed E-state index contributed by atoms with van der Waals surface area (Å²) in [6.07, 6.45) is 2.97. The number of hydrogen-bond acceptors (Lipinski definition) is 4. The minimum Gasteiger partial charge on any atom is -0.364 e. The Bertz CT molecular complexity index is 442. The Morgan fingerprint density at radius 2 is 2.41 bits per heavy atom. The van der Waals surface area contributed by atoms with Crippen molar-refractivity contribution in [3.05, 3.63) is 16.0 Å². The number of likely N-dealkylation sites (N-methyl/N-ethyl adjacent to an activating group) is 1. The van der Waals surface area contributed by atoms with Gasteiger partial charge in [-0.2, -0.15) is 4.98 Å². The van der Waals surface area contributed by atoms with Crippen molar-refractivity contribution in [2.75, 3.05) is 18.9 Å². The molecule has 2 heterocycles. The molecule has 0 saturated carbocycles. The number of carbonyl (C=O) groups excluding carboxylic acids is 1. The monoisotopic (exact) mass is 318 g/mol. The average Bonchev–Trinajstić information content (AvgIpc) is 2.29. The van der Waals surface area contributed by atoms with Gasteiger partial charge in [-0.3, -0.25) is 4.79 Å². The molecule has 5 nitrogen and oxygen atoms in total. The van der Waals surface area contributed by atoms with Crippen LogP contribution in [0.5, 0.6) is 0 Å². The van der Waals surface area contributed by atoms with E-state index in [-0.39, 0.29) is 17.2 Å². The van der Waals surface area contributed by atoms with Crippen LogP contribution in [0.15, 0.2) is 10.7 Å². The number of carbonyl (C=O) groups is 1. The van der Waals surface area contributed by atoms with Crippen LogP contribution in [-0.2, 0) is 4.79 Å². The molecule has 1 aromatic heterocycles. The van der Waals surface area contributed by atoms with Crippen LogP contribution in [0.3, 0.4) is 0 Å². The van der Waals surface area contributed by atoms with E-state index in [1.165, 1.54) is 0 Å². The molecule has 1 fully saturated rings. The van der Waals surface area contributed by atoms with Crippen LogP contribution in [-0.4, -0.2) is 40.4 Å². The standard InChI is InChI=1S/C10H12BrClN4O/c1-16-5-6(2-3-8(16)17)14-9-7(11)4-13-10(12)15-9/h4,6H,2-3,5H2,1H3,(H,13,14,15). The van der Waals surface area contributed by atoms with Crippen LogP contribution in [0, 0.1) is 0 Å². The summed E-state index contributed by atoms with van der Waals surface area (Å²) in [5.41, 5.74) is 0. The topological polar surface area (TPSA) is 58.1 Å². The van der Waals surface area contributed by atoms with Gasteiger partial charge in [0.25, 0.3) is 0 Å². The van der Waals surface area contributed by atoms with E-state index in [4.69, 9.17) is 11.6 Å². The summed E-state index contributed by atoms with van der Waals surface area (Å²) in [4.78, 5) is 21.0. The van der Waals surface area contributed by atoms with Crippen LogP contribution >= 0.6 is 27.5 Å². The van der Waals surface area contributed by atoms with E-state index in [0.29, 0.717) is 18.8 Å². The Morgan fingerprint density at radius 3 is 3.12 bits per heavy atom. The van der Waals surface area contributed by atoms with Gasteiger partial charge < -0.3 is 10.2 Å². The van der Waals surface area contributed by atoms with Crippen molar-refractivity contribution in [1.29, 1.82) is 0 Å². The lowest BCUT2D eigenvalue weighted by Gasteiger charge is -2.30. The maximum Gasteiger partial charge on any atom is 0.224 e. The molecule has 1 amide bonds. The zero-order valence-corrected chi connectivity index (χ0v) is 11.6. The van der Waals surface area contributed by atoms with Gasteiger partial charge in [0.2, 0.25) is 11.2 Å². The lowest BCUT2D eigenvalue weighted by atomic mass is 10.1. The maximum absolute atomic E-state index is 11.4. The quantitative estimate of drug-likeness (QED) is 0.846. The van der Waals surface area contributed by atoms with E-state index in [9.17, 15) is 4.79 Å². The molecule has 1 atom stereocenters. The Morgan fingerprint density at radius 1 is 1.65 bits per heavy atom. The highest BCUT2D eigenvalue weighted by Gasteiger charge is 2.23. The molecule has 1 aliphatic heterocycles. The summed E-state index contributed by atoms with van der Waals surface area (Å²) in [6.45, 7) is 0.674. The first-order chi connectivity index (χ1) is 8.06. The van der Waals surface area contributed by atoms with Crippen molar-refractivity contribution in [2.45, 2.75) is 18.9 Å². The van der Waals surface area contributed by atoms with E-state index in [2.05, 4.69) is 31.2 Å². The number of nitrogens with one attached hydrogen (secondary N) is 1. The van der Waals surface area contributed by atoms with Crippen molar-refractivity contribution in [2.24, 2.45) is 0 Å². The molecule has 0 spiro atoms. The largest absolute Gasteiger partial charge is 0.364 e. The molecule has 0 aliphatic carbocycles. The van der Waals surface area contributed by atoms with Crippen molar-refractivity contribution >= 4 is 39.3 Å². The highest BCUT2D eigenvalue weighted by Crippen LogP contribution is 2.23. The van der Waals surface area contributed by atoms with E-state index < -0.39 is 0 Å². The number of nitrogens with zero attached hydrogens (tertiary/aromatic N) is 3. The van der Waals surface area contributed by atoms with E-state index in [1.54, 1.807) is 18.1 Å². The second-order valence-corrected chi connectivity index (χ2v) is 5.18. The van der Waals surface area contributed by atoms with Gasteiger partial charge in [0, 0.05) is 32.3 Å². The average molecular weight is 320 g/mol.